The topological polar surface area (TPSA) is 95.1 Å². The minimum absolute atomic E-state index is 0.147. The van der Waals surface area contributed by atoms with Gasteiger partial charge in [0.15, 0.2) is 5.69 Å². The van der Waals surface area contributed by atoms with Crippen molar-refractivity contribution in [3.8, 4) is 22.6 Å². The largest absolute Gasteiger partial charge is 0.443 e. The molecule has 8 nitrogen and oxygen atoms in total. The third-order valence-corrected chi connectivity index (χ3v) is 7.34. The number of aryl methyl sites for hydroxylation is 1. The van der Waals surface area contributed by atoms with E-state index in [1.54, 1.807) is 63.6 Å². The summed E-state index contributed by atoms with van der Waals surface area (Å²) in [5, 5.41) is 12.2. The Hall–Kier alpha value is -4.51. The van der Waals surface area contributed by atoms with Gasteiger partial charge in [-0.2, -0.15) is 13.2 Å². The number of fused-ring (bicyclic) bond motifs is 1. The molecule has 1 saturated carbocycles. The van der Waals surface area contributed by atoms with Crippen molar-refractivity contribution in [2.45, 2.75) is 57.4 Å². The quantitative estimate of drug-likeness (QED) is 0.232. The Labute approximate surface area is 245 Å². The molecule has 4 aromatic heterocycles. The van der Waals surface area contributed by atoms with Gasteiger partial charge in [0.2, 0.25) is 0 Å². The fourth-order valence-corrected chi connectivity index (χ4v) is 5.16. The van der Waals surface area contributed by atoms with Crippen molar-refractivity contribution in [2.24, 2.45) is 7.05 Å². The number of benzene rings is 1. The number of nitrogens with zero attached hydrogens (tertiary/aromatic N) is 5. The van der Waals surface area contributed by atoms with Crippen LogP contribution in [0.4, 0.5) is 18.0 Å². The van der Waals surface area contributed by atoms with Crippen LogP contribution in [0.5, 0.6) is 0 Å². The molecule has 0 bridgehead atoms. The van der Waals surface area contributed by atoms with Crippen molar-refractivity contribution in [3.05, 3.63) is 89.8 Å². The van der Waals surface area contributed by atoms with E-state index in [9.17, 15) is 23.1 Å². The van der Waals surface area contributed by atoms with Crippen molar-refractivity contribution in [1.82, 2.24) is 24.1 Å². The Balaban J connectivity index is 1.42. The Kier molecular flexibility index (Phi) is 6.88. The highest BCUT2D eigenvalue weighted by atomic mass is 19.4. The Morgan fingerprint density at radius 2 is 1.79 bits per heavy atom. The highest BCUT2D eigenvalue weighted by Gasteiger charge is 2.35. The number of pyridine rings is 2. The minimum atomic E-state index is -4.56. The van der Waals surface area contributed by atoms with Crippen molar-refractivity contribution in [1.29, 1.82) is 0 Å². The number of rotatable bonds is 5. The van der Waals surface area contributed by atoms with E-state index in [1.165, 1.54) is 16.2 Å². The first-order valence-electron chi connectivity index (χ1n) is 13.9. The van der Waals surface area contributed by atoms with Gasteiger partial charge in [0.25, 0.3) is 0 Å². The summed E-state index contributed by atoms with van der Waals surface area (Å²) < 4.78 is 47.8. The van der Waals surface area contributed by atoms with E-state index in [2.05, 4.69) is 15.0 Å². The zero-order valence-corrected chi connectivity index (χ0v) is 24.1. The molecule has 1 fully saturated rings. The summed E-state index contributed by atoms with van der Waals surface area (Å²) >= 11 is 0. The predicted molar refractivity (Wildman–Crippen MR) is 154 cm³/mol. The van der Waals surface area contributed by atoms with Gasteiger partial charge in [-0.3, -0.25) is 14.5 Å². The molecule has 222 valence electrons. The number of carbonyl (C=O) groups is 1. The number of halogens is 3. The molecule has 0 radical (unpaired) electrons. The molecule has 1 aromatic carbocycles. The molecule has 1 atom stereocenters. The number of ether oxygens (including phenoxy) is 1. The Morgan fingerprint density at radius 1 is 1.07 bits per heavy atom. The second-order valence-electron chi connectivity index (χ2n) is 11.8. The number of imidazole rings is 1. The van der Waals surface area contributed by atoms with Crippen LogP contribution in [-0.2, 0) is 18.0 Å². The lowest BCUT2D eigenvalue weighted by atomic mass is 9.98. The molecule has 0 aliphatic heterocycles. The van der Waals surface area contributed by atoms with E-state index in [-0.39, 0.29) is 5.82 Å². The lowest BCUT2D eigenvalue weighted by Crippen LogP contribution is -2.26. The number of aliphatic hydroxyl groups excluding tert-OH is 1. The first kappa shape index (κ1) is 28.6. The number of carbonyl (C=O) groups excluding carboxylic acids is 1. The zero-order chi connectivity index (χ0) is 30.7. The summed E-state index contributed by atoms with van der Waals surface area (Å²) in [4.78, 5) is 26.2. The van der Waals surface area contributed by atoms with Crippen LogP contribution in [0.1, 0.15) is 68.1 Å². The summed E-state index contributed by atoms with van der Waals surface area (Å²) in [6.07, 6.45) is 1.63. The predicted octanol–water partition coefficient (Wildman–Crippen LogP) is 7.26. The first-order valence-corrected chi connectivity index (χ1v) is 13.9. The fourth-order valence-electron chi connectivity index (χ4n) is 5.16. The maximum Gasteiger partial charge on any atom is 0.434 e. The summed E-state index contributed by atoms with van der Waals surface area (Å²) in [5.74, 6) is 0.531. The summed E-state index contributed by atoms with van der Waals surface area (Å²) in [5.41, 5.74) is 2.67. The van der Waals surface area contributed by atoms with Crippen LogP contribution in [0.2, 0.25) is 0 Å². The zero-order valence-electron chi connectivity index (χ0n) is 24.1. The first-order chi connectivity index (χ1) is 20.3. The molecule has 0 saturated heterocycles. The highest BCUT2D eigenvalue weighted by Crippen LogP contribution is 2.43. The molecule has 1 unspecified atom stereocenters. The molecular weight excluding hydrogens is 559 g/mol. The third-order valence-electron chi connectivity index (χ3n) is 7.34. The van der Waals surface area contributed by atoms with Crippen LogP contribution in [0.15, 0.2) is 67.3 Å². The molecule has 4 heterocycles. The van der Waals surface area contributed by atoms with Gasteiger partial charge in [-0.15, -0.1) is 0 Å². The molecule has 1 N–H and O–H groups in total. The third kappa shape index (κ3) is 5.64. The smallest absolute Gasteiger partial charge is 0.434 e. The maximum absolute atomic E-state index is 13.2. The van der Waals surface area contributed by atoms with Gasteiger partial charge in [0.1, 0.15) is 17.5 Å². The second kappa shape index (κ2) is 10.3. The molecular formula is C32H30F3N5O3. The molecule has 1 aliphatic rings. The average molecular weight is 590 g/mol. The lowest BCUT2D eigenvalue weighted by Gasteiger charge is -2.19. The van der Waals surface area contributed by atoms with E-state index < -0.39 is 29.7 Å². The lowest BCUT2D eigenvalue weighted by molar-refractivity contribution is -0.140. The highest BCUT2D eigenvalue weighted by molar-refractivity contribution is 5.94. The van der Waals surface area contributed by atoms with Gasteiger partial charge in [-0.05, 0) is 57.4 Å². The van der Waals surface area contributed by atoms with Crippen LogP contribution in [0.25, 0.3) is 33.5 Å². The molecule has 0 amide bonds. The van der Waals surface area contributed by atoms with Crippen molar-refractivity contribution in [3.63, 3.8) is 0 Å². The van der Waals surface area contributed by atoms with Crippen LogP contribution >= 0.6 is 0 Å². The summed E-state index contributed by atoms with van der Waals surface area (Å²) in [6.45, 7) is 5.31. The van der Waals surface area contributed by atoms with Crippen molar-refractivity contribution < 1.29 is 27.8 Å². The van der Waals surface area contributed by atoms with Crippen LogP contribution in [-0.4, -0.2) is 40.9 Å². The standard InChI is InChI=1S/C32H30F3N5O3/c1-31(2,3)43-30(42)40-16-23(22-14-24(37-15-25(22)40)21-6-5-13-36-27(21)18-7-8-18)28(41)19-9-11-20(12-10-19)29-38-26(17-39(29)4)32(33,34)35/h5-6,9-18,28,41H,7-8H2,1-4H3. The van der Waals surface area contributed by atoms with Gasteiger partial charge >= 0.3 is 12.3 Å². The Morgan fingerprint density at radius 3 is 2.42 bits per heavy atom. The van der Waals surface area contributed by atoms with Gasteiger partial charge in [-0.1, -0.05) is 24.3 Å². The number of hydrogen-bond donors (Lipinski definition) is 1. The maximum atomic E-state index is 13.2. The molecule has 43 heavy (non-hydrogen) atoms. The number of hydrogen-bond acceptors (Lipinski definition) is 6. The van der Waals surface area contributed by atoms with E-state index in [4.69, 9.17) is 4.74 Å². The van der Waals surface area contributed by atoms with Gasteiger partial charge in [-0.25, -0.2) is 9.78 Å². The molecule has 1 aliphatic carbocycles. The summed E-state index contributed by atoms with van der Waals surface area (Å²) in [7, 11) is 1.49. The molecule has 6 rings (SSSR count). The number of aromatic nitrogens is 5. The number of aliphatic hydroxyl groups is 1. The summed E-state index contributed by atoms with van der Waals surface area (Å²) in [6, 6.07) is 12.2. The van der Waals surface area contributed by atoms with Crippen molar-refractivity contribution in [2.75, 3.05) is 0 Å². The minimum Gasteiger partial charge on any atom is -0.443 e. The van der Waals surface area contributed by atoms with Crippen LogP contribution < -0.4 is 0 Å². The average Bonchev–Trinajstić information content (AvgIpc) is 3.61. The van der Waals surface area contributed by atoms with Gasteiger partial charge in [0, 0.05) is 53.6 Å². The molecule has 11 heteroatoms. The monoisotopic (exact) mass is 589 g/mol. The SMILES string of the molecule is Cn1cc(C(F)(F)F)nc1-c1ccc(C(O)c2cn(C(=O)OC(C)(C)C)c3cnc(-c4cccnc4C4CC4)cc23)cc1. The molecule has 0 spiro atoms. The van der Waals surface area contributed by atoms with Gasteiger partial charge in [0.05, 0.1) is 23.1 Å². The number of alkyl halides is 3. The van der Waals surface area contributed by atoms with E-state index in [0.29, 0.717) is 39.2 Å². The van der Waals surface area contributed by atoms with Crippen molar-refractivity contribution >= 4 is 17.0 Å². The normalized spacial score (nSPS) is 14.7. The van der Waals surface area contributed by atoms with E-state index in [0.717, 1.165) is 30.3 Å². The second-order valence-corrected chi connectivity index (χ2v) is 11.8. The van der Waals surface area contributed by atoms with Gasteiger partial charge < -0.3 is 14.4 Å². The van der Waals surface area contributed by atoms with E-state index >= 15 is 0 Å². The molecule has 5 aromatic rings. The Bertz CT molecular complexity index is 1830. The van der Waals surface area contributed by atoms with Crippen LogP contribution in [0, 0.1) is 0 Å². The van der Waals surface area contributed by atoms with E-state index in [1.807, 2.05) is 18.2 Å². The van der Waals surface area contributed by atoms with Crippen LogP contribution in [0.3, 0.4) is 0 Å². The fraction of sp³-hybridized carbons (Fsp3) is 0.312.